The molecule has 0 saturated carbocycles. The van der Waals surface area contributed by atoms with Crippen molar-refractivity contribution >= 4 is 11.5 Å². The van der Waals surface area contributed by atoms with Crippen LogP contribution < -0.4 is 10.6 Å². The van der Waals surface area contributed by atoms with Crippen molar-refractivity contribution < 1.29 is 9.94 Å². The van der Waals surface area contributed by atoms with Crippen LogP contribution in [-0.2, 0) is 4.74 Å². The van der Waals surface area contributed by atoms with E-state index in [1.54, 1.807) is 0 Å². The molecule has 1 aliphatic heterocycles. The van der Waals surface area contributed by atoms with E-state index in [9.17, 15) is 0 Å². The molecule has 1 atom stereocenters. The van der Waals surface area contributed by atoms with Gasteiger partial charge in [-0.2, -0.15) is 0 Å². The normalized spacial score (nSPS) is 19.6. The van der Waals surface area contributed by atoms with Crippen molar-refractivity contribution in [3.05, 3.63) is 29.8 Å². The molecule has 0 aromatic heterocycles. The molecular weight excluding hydrogens is 242 g/mol. The molecule has 1 aromatic rings. The monoisotopic (exact) mass is 263 g/mol. The fourth-order valence-corrected chi connectivity index (χ4v) is 2.35. The van der Waals surface area contributed by atoms with E-state index >= 15 is 0 Å². The van der Waals surface area contributed by atoms with Crippen molar-refractivity contribution in [2.24, 2.45) is 10.9 Å². The second-order valence-electron chi connectivity index (χ2n) is 4.71. The number of anilines is 1. The number of nitrogens with zero attached hydrogens (tertiary/aromatic N) is 2. The molecule has 104 valence electrons. The van der Waals surface area contributed by atoms with Gasteiger partial charge in [-0.05, 0) is 44.0 Å². The summed E-state index contributed by atoms with van der Waals surface area (Å²) in [6.45, 7) is 4.86. The summed E-state index contributed by atoms with van der Waals surface area (Å²) in [4.78, 5) is 2.28. The van der Waals surface area contributed by atoms with Gasteiger partial charge in [0.25, 0.3) is 0 Å². The van der Waals surface area contributed by atoms with Crippen molar-refractivity contribution in [3.8, 4) is 0 Å². The molecular formula is C14H21N3O2. The number of benzene rings is 1. The maximum Gasteiger partial charge on any atom is 0.170 e. The fourth-order valence-electron chi connectivity index (χ4n) is 2.35. The largest absolute Gasteiger partial charge is 0.409 e. The Kier molecular flexibility index (Phi) is 4.63. The molecule has 1 heterocycles. The summed E-state index contributed by atoms with van der Waals surface area (Å²) in [5, 5.41) is 11.6. The Hall–Kier alpha value is -1.75. The van der Waals surface area contributed by atoms with Gasteiger partial charge in [0.2, 0.25) is 0 Å². The van der Waals surface area contributed by atoms with Gasteiger partial charge < -0.3 is 20.6 Å². The van der Waals surface area contributed by atoms with Crippen LogP contribution in [0.4, 0.5) is 5.69 Å². The highest BCUT2D eigenvalue weighted by atomic mass is 16.5. The number of likely N-dealkylation sites (N-methyl/N-ethyl adjacent to an activating group) is 1. The lowest BCUT2D eigenvalue weighted by molar-refractivity contribution is 0.115. The predicted molar refractivity (Wildman–Crippen MR) is 75.8 cm³/mol. The molecule has 1 fully saturated rings. The number of hydrogen-bond donors (Lipinski definition) is 2. The lowest BCUT2D eigenvalue weighted by Crippen LogP contribution is -2.32. The Balaban J connectivity index is 2.05. The third-order valence-corrected chi connectivity index (χ3v) is 3.47. The third kappa shape index (κ3) is 3.38. The molecule has 1 aromatic carbocycles. The van der Waals surface area contributed by atoms with Crippen LogP contribution in [0.15, 0.2) is 29.4 Å². The number of nitrogens with two attached hydrogens (primary N) is 1. The Morgan fingerprint density at radius 3 is 2.74 bits per heavy atom. The van der Waals surface area contributed by atoms with Gasteiger partial charge in [0.05, 0.1) is 6.10 Å². The van der Waals surface area contributed by atoms with E-state index < -0.39 is 0 Å². The fraction of sp³-hybridized carbons (Fsp3) is 0.500. The van der Waals surface area contributed by atoms with Crippen LogP contribution in [0, 0.1) is 0 Å². The summed E-state index contributed by atoms with van der Waals surface area (Å²) in [5.41, 5.74) is 7.41. The lowest BCUT2D eigenvalue weighted by atomic mass is 10.1. The smallest absolute Gasteiger partial charge is 0.170 e. The summed E-state index contributed by atoms with van der Waals surface area (Å²) in [5.74, 6) is 0.133. The molecule has 0 radical (unpaired) electrons. The zero-order chi connectivity index (χ0) is 13.7. The minimum atomic E-state index is 0.133. The summed E-state index contributed by atoms with van der Waals surface area (Å²) in [6, 6.07) is 7.71. The zero-order valence-electron chi connectivity index (χ0n) is 11.2. The maximum atomic E-state index is 8.64. The average Bonchev–Trinajstić information content (AvgIpc) is 2.97. The highest BCUT2D eigenvalue weighted by Gasteiger charge is 2.18. The first kappa shape index (κ1) is 13.7. The first-order chi connectivity index (χ1) is 9.24. The van der Waals surface area contributed by atoms with Crippen molar-refractivity contribution in [2.45, 2.75) is 25.9 Å². The van der Waals surface area contributed by atoms with E-state index in [2.05, 4.69) is 17.0 Å². The summed E-state index contributed by atoms with van der Waals surface area (Å²) >= 11 is 0. The number of oxime groups is 1. The molecule has 1 saturated heterocycles. The molecule has 2 rings (SSSR count). The van der Waals surface area contributed by atoms with E-state index in [1.165, 1.54) is 0 Å². The van der Waals surface area contributed by atoms with Gasteiger partial charge in [-0.25, -0.2) is 0 Å². The molecule has 0 bridgehead atoms. The average molecular weight is 263 g/mol. The number of ether oxygens (including phenoxy) is 1. The molecule has 5 nitrogen and oxygen atoms in total. The molecule has 3 N–H and O–H groups in total. The Bertz CT molecular complexity index is 425. The van der Waals surface area contributed by atoms with Gasteiger partial charge in [-0.3, -0.25) is 0 Å². The van der Waals surface area contributed by atoms with Crippen molar-refractivity contribution in [1.29, 1.82) is 0 Å². The Labute approximate surface area is 113 Å². The van der Waals surface area contributed by atoms with E-state index in [1.807, 2.05) is 24.3 Å². The van der Waals surface area contributed by atoms with Crippen LogP contribution in [0.1, 0.15) is 25.3 Å². The summed E-state index contributed by atoms with van der Waals surface area (Å²) in [7, 11) is 0. The highest BCUT2D eigenvalue weighted by Crippen LogP contribution is 2.19. The van der Waals surface area contributed by atoms with Gasteiger partial charge in [0.15, 0.2) is 5.84 Å². The minimum absolute atomic E-state index is 0.133. The lowest BCUT2D eigenvalue weighted by Gasteiger charge is -2.26. The van der Waals surface area contributed by atoms with Gasteiger partial charge in [-0.1, -0.05) is 5.16 Å². The second-order valence-corrected chi connectivity index (χ2v) is 4.71. The number of rotatable bonds is 5. The van der Waals surface area contributed by atoms with E-state index in [0.717, 1.165) is 43.8 Å². The van der Waals surface area contributed by atoms with Crippen LogP contribution in [0.3, 0.4) is 0 Å². The van der Waals surface area contributed by atoms with E-state index in [4.69, 9.17) is 15.7 Å². The van der Waals surface area contributed by atoms with Gasteiger partial charge >= 0.3 is 0 Å². The third-order valence-electron chi connectivity index (χ3n) is 3.47. The predicted octanol–water partition coefficient (Wildman–Crippen LogP) is 1.79. The van der Waals surface area contributed by atoms with Crippen molar-refractivity contribution in [3.63, 3.8) is 0 Å². The number of amidine groups is 1. The first-order valence-electron chi connectivity index (χ1n) is 6.69. The van der Waals surface area contributed by atoms with Crippen LogP contribution in [0.2, 0.25) is 0 Å². The van der Waals surface area contributed by atoms with Gasteiger partial charge in [0, 0.05) is 30.9 Å². The zero-order valence-corrected chi connectivity index (χ0v) is 11.2. The number of hydrogen-bond acceptors (Lipinski definition) is 4. The quantitative estimate of drug-likeness (QED) is 0.368. The van der Waals surface area contributed by atoms with Crippen LogP contribution in [-0.4, -0.2) is 36.8 Å². The molecule has 1 unspecified atom stereocenters. The second kappa shape index (κ2) is 6.43. The Morgan fingerprint density at radius 2 is 2.21 bits per heavy atom. The van der Waals surface area contributed by atoms with E-state index in [0.29, 0.717) is 6.10 Å². The standard InChI is InChI=1S/C14H21N3O2/c1-2-17(10-13-4-3-9-19-13)12-7-5-11(6-8-12)14(15)16-18/h5-8,13,18H,2-4,9-10H2,1H3,(H2,15,16). The molecule has 0 amide bonds. The topological polar surface area (TPSA) is 71.1 Å². The molecule has 19 heavy (non-hydrogen) atoms. The molecule has 0 aliphatic carbocycles. The highest BCUT2D eigenvalue weighted by molar-refractivity contribution is 5.97. The summed E-state index contributed by atoms with van der Waals surface area (Å²) < 4.78 is 5.67. The molecule has 5 heteroatoms. The SMILES string of the molecule is CCN(CC1CCCO1)c1ccc(C(N)=NO)cc1. The van der Waals surface area contributed by atoms with Crippen molar-refractivity contribution in [1.82, 2.24) is 0 Å². The van der Waals surface area contributed by atoms with Gasteiger partial charge in [0.1, 0.15) is 0 Å². The molecule has 1 aliphatic rings. The summed E-state index contributed by atoms with van der Waals surface area (Å²) in [6.07, 6.45) is 2.63. The van der Waals surface area contributed by atoms with Crippen LogP contribution in [0.25, 0.3) is 0 Å². The van der Waals surface area contributed by atoms with E-state index in [-0.39, 0.29) is 5.84 Å². The Morgan fingerprint density at radius 1 is 1.47 bits per heavy atom. The van der Waals surface area contributed by atoms with Crippen molar-refractivity contribution in [2.75, 3.05) is 24.6 Å². The minimum Gasteiger partial charge on any atom is -0.409 e. The van der Waals surface area contributed by atoms with Gasteiger partial charge in [-0.15, -0.1) is 0 Å². The molecule has 0 spiro atoms. The van der Waals surface area contributed by atoms with Crippen LogP contribution in [0.5, 0.6) is 0 Å². The maximum absolute atomic E-state index is 8.64. The first-order valence-corrected chi connectivity index (χ1v) is 6.69. The van der Waals surface area contributed by atoms with Crippen LogP contribution >= 0.6 is 0 Å².